The molecule has 4 heteroatoms. The van der Waals surface area contributed by atoms with Gasteiger partial charge in [0.2, 0.25) is 0 Å². The Morgan fingerprint density at radius 2 is 2.31 bits per heavy atom. The number of nitrogens with one attached hydrogen (secondary N) is 1. The van der Waals surface area contributed by atoms with Gasteiger partial charge in [-0.15, -0.1) is 0 Å². The van der Waals surface area contributed by atoms with Gasteiger partial charge in [-0.2, -0.15) is 11.8 Å². The fourth-order valence-electron chi connectivity index (χ4n) is 1.41. The number of hydrogen-bond donors (Lipinski definition) is 2. The molecule has 2 N–H and O–H groups in total. The Morgan fingerprint density at radius 3 is 3.00 bits per heavy atom. The van der Waals surface area contributed by atoms with E-state index < -0.39 is 6.10 Å². The first-order chi connectivity index (χ1) is 7.74. The fraction of sp³-hybridized carbons (Fsp3) is 0.500. The third-order valence-electron chi connectivity index (χ3n) is 2.27. The van der Waals surface area contributed by atoms with Crippen LogP contribution >= 0.6 is 11.8 Å². The first kappa shape index (κ1) is 13.5. The summed E-state index contributed by atoms with van der Waals surface area (Å²) in [7, 11) is 0. The standard InChI is InChI=1S/C12H18FNOS/c1-16-7-3-6-14-9-12(15)10-4-2-5-11(13)8-10/h2,4-5,8,12,14-15H,3,6-7,9H2,1H3. The lowest BCUT2D eigenvalue weighted by molar-refractivity contribution is 0.174. The van der Waals surface area contributed by atoms with Crippen LogP contribution in [0.25, 0.3) is 0 Å². The molecule has 1 aromatic rings. The molecule has 0 aliphatic heterocycles. The second kappa shape index (κ2) is 7.65. The highest BCUT2D eigenvalue weighted by molar-refractivity contribution is 7.98. The van der Waals surface area contributed by atoms with Gasteiger partial charge in [-0.3, -0.25) is 0 Å². The Kier molecular flexibility index (Phi) is 6.45. The Bertz CT molecular complexity index is 309. The summed E-state index contributed by atoms with van der Waals surface area (Å²) in [4.78, 5) is 0. The highest BCUT2D eigenvalue weighted by Crippen LogP contribution is 2.12. The SMILES string of the molecule is CSCCCNCC(O)c1cccc(F)c1. The summed E-state index contributed by atoms with van der Waals surface area (Å²) in [5.41, 5.74) is 0.623. The number of rotatable bonds is 7. The van der Waals surface area contributed by atoms with Gasteiger partial charge in [0, 0.05) is 6.54 Å². The fourth-order valence-corrected chi connectivity index (χ4v) is 1.85. The number of aliphatic hydroxyl groups is 1. The summed E-state index contributed by atoms with van der Waals surface area (Å²) in [6, 6.07) is 6.09. The highest BCUT2D eigenvalue weighted by Gasteiger charge is 2.06. The van der Waals surface area contributed by atoms with Crippen molar-refractivity contribution in [1.29, 1.82) is 0 Å². The van der Waals surface area contributed by atoms with Crippen molar-refractivity contribution >= 4 is 11.8 Å². The summed E-state index contributed by atoms with van der Waals surface area (Å²) < 4.78 is 12.9. The lowest BCUT2D eigenvalue weighted by Gasteiger charge is -2.12. The van der Waals surface area contributed by atoms with Crippen molar-refractivity contribution in [2.45, 2.75) is 12.5 Å². The van der Waals surface area contributed by atoms with E-state index in [2.05, 4.69) is 11.6 Å². The summed E-state index contributed by atoms with van der Waals surface area (Å²) >= 11 is 1.81. The monoisotopic (exact) mass is 243 g/mol. The molecular formula is C12H18FNOS. The molecule has 90 valence electrons. The average Bonchev–Trinajstić information content (AvgIpc) is 2.28. The van der Waals surface area contributed by atoms with Crippen LogP contribution in [-0.4, -0.2) is 30.2 Å². The molecule has 1 rings (SSSR count). The van der Waals surface area contributed by atoms with E-state index in [1.165, 1.54) is 12.1 Å². The first-order valence-corrected chi connectivity index (χ1v) is 6.76. The van der Waals surface area contributed by atoms with Crippen LogP contribution in [0.4, 0.5) is 4.39 Å². The largest absolute Gasteiger partial charge is 0.387 e. The molecule has 0 saturated heterocycles. The van der Waals surface area contributed by atoms with Gasteiger partial charge in [0.1, 0.15) is 5.82 Å². The molecule has 1 unspecified atom stereocenters. The Hall–Kier alpha value is -0.580. The Balaban J connectivity index is 2.27. The summed E-state index contributed by atoms with van der Waals surface area (Å²) in [5, 5.41) is 12.9. The number of benzene rings is 1. The maximum Gasteiger partial charge on any atom is 0.123 e. The molecule has 0 aromatic heterocycles. The summed E-state index contributed by atoms with van der Waals surface area (Å²) in [6.07, 6.45) is 2.52. The van der Waals surface area contributed by atoms with Gasteiger partial charge in [0.05, 0.1) is 6.10 Å². The Morgan fingerprint density at radius 1 is 1.50 bits per heavy atom. The molecule has 0 fully saturated rings. The number of hydrogen-bond acceptors (Lipinski definition) is 3. The molecule has 0 amide bonds. The average molecular weight is 243 g/mol. The molecule has 0 spiro atoms. The van der Waals surface area contributed by atoms with E-state index in [0.29, 0.717) is 12.1 Å². The van der Waals surface area contributed by atoms with Crippen LogP contribution in [0.3, 0.4) is 0 Å². The van der Waals surface area contributed by atoms with Crippen molar-refractivity contribution in [2.75, 3.05) is 25.1 Å². The van der Waals surface area contributed by atoms with Gasteiger partial charge in [0.25, 0.3) is 0 Å². The van der Waals surface area contributed by atoms with Crippen molar-refractivity contribution in [3.63, 3.8) is 0 Å². The second-order valence-corrected chi connectivity index (χ2v) is 4.61. The van der Waals surface area contributed by atoms with Crippen molar-refractivity contribution < 1.29 is 9.50 Å². The zero-order valence-corrected chi connectivity index (χ0v) is 10.3. The number of aliphatic hydroxyl groups excluding tert-OH is 1. The lowest BCUT2D eigenvalue weighted by Crippen LogP contribution is -2.22. The minimum Gasteiger partial charge on any atom is -0.387 e. The van der Waals surface area contributed by atoms with Gasteiger partial charge in [0.15, 0.2) is 0 Å². The number of halogens is 1. The van der Waals surface area contributed by atoms with Crippen LogP contribution in [0.2, 0.25) is 0 Å². The van der Waals surface area contributed by atoms with Crippen LogP contribution < -0.4 is 5.32 Å². The predicted molar refractivity (Wildman–Crippen MR) is 67.2 cm³/mol. The highest BCUT2D eigenvalue weighted by atomic mass is 32.2. The van der Waals surface area contributed by atoms with Crippen molar-refractivity contribution in [3.05, 3.63) is 35.6 Å². The van der Waals surface area contributed by atoms with Gasteiger partial charge >= 0.3 is 0 Å². The second-order valence-electron chi connectivity index (χ2n) is 3.62. The maximum absolute atomic E-state index is 12.9. The van der Waals surface area contributed by atoms with E-state index in [9.17, 15) is 9.50 Å². The van der Waals surface area contributed by atoms with E-state index in [1.54, 1.807) is 23.9 Å². The van der Waals surface area contributed by atoms with Gasteiger partial charge in [-0.05, 0) is 42.7 Å². The molecule has 0 saturated carbocycles. The Labute approximate surface area is 100 Å². The van der Waals surface area contributed by atoms with Gasteiger partial charge in [-0.1, -0.05) is 12.1 Å². The molecule has 1 aromatic carbocycles. The van der Waals surface area contributed by atoms with E-state index >= 15 is 0 Å². The molecule has 1 atom stereocenters. The summed E-state index contributed by atoms with van der Waals surface area (Å²) in [6.45, 7) is 1.35. The molecule has 0 radical (unpaired) electrons. The first-order valence-electron chi connectivity index (χ1n) is 5.37. The minimum atomic E-state index is -0.634. The third kappa shape index (κ3) is 4.96. The van der Waals surface area contributed by atoms with E-state index in [-0.39, 0.29) is 5.82 Å². The molecule has 2 nitrogen and oxygen atoms in total. The zero-order chi connectivity index (χ0) is 11.8. The van der Waals surface area contributed by atoms with E-state index in [0.717, 1.165) is 18.7 Å². The molecule has 16 heavy (non-hydrogen) atoms. The van der Waals surface area contributed by atoms with Crippen LogP contribution in [0, 0.1) is 5.82 Å². The van der Waals surface area contributed by atoms with E-state index in [1.807, 2.05) is 0 Å². The van der Waals surface area contributed by atoms with Crippen LogP contribution in [0.15, 0.2) is 24.3 Å². The predicted octanol–water partition coefficient (Wildman–Crippen LogP) is 2.20. The van der Waals surface area contributed by atoms with Gasteiger partial charge in [-0.25, -0.2) is 4.39 Å². The molecule has 0 aliphatic rings. The maximum atomic E-state index is 12.9. The lowest BCUT2D eigenvalue weighted by atomic mass is 10.1. The van der Waals surface area contributed by atoms with Crippen molar-refractivity contribution in [3.8, 4) is 0 Å². The topological polar surface area (TPSA) is 32.3 Å². The molecule has 0 bridgehead atoms. The normalized spacial score (nSPS) is 12.7. The summed E-state index contributed by atoms with van der Waals surface area (Å²) in [5.74, 6) is 0.808. The molecule has 0 heterocycles. The van der Waals surface area contributed by atoms with Crippen LogP contribution in [0.5, 0.6) is 0 Å². The van der Waals surface area contributed by atoms with Crippen molar-refractivity contribution in [1.82, 2.24) is 5.32 Å². The zero-order valence-electron chi connectivity index (χ0n) is 9.45. The quantitative estimate of drug-likeness (QED) is 0.720. The van der Waals surface area contributed by atoms with Crippen LogP contribution in [0.1, 0.15) is 18.1 Å². The number of thioether (sulfide) groups is 1. The minimum absolute atomic E-state index is 0.307. The molecular weight excluding hydrogens is 225 g/mol. The van der Waals surface area contributed by atoms with E-state index in [4.69, 9.17) is 0 Å². The van der Waals surface area contributed by atoms with Crippen LogP contribution in [-0.2, 0) is 0 Å². The van der Waals surface area contributed by atoms with Crippen molar-refractivity contribution in [2.24, 2.45) is 0 Å². The smallest absolute Gasteiger partial charge is 0.123 e. The molecule has 0 aliphatic carbocycles. The third-order valence-corrected chi connectivity index (χ3v) is 2.97. The van der Waals surface area contributed by atoms with Gasteiger partial charge < -0.3 is 10.4 Å².